The number of hydrogen-bond donors (Lipinski definition) is 4. The largest absolute Gasteiger partial charge is 0.365 e. The Hall–Kier alpha value is -3.21. The third-order valence-corrected chi connectivity index (χ3v) is 8.92. The first-order valence-electron chi connectivity index (χ1n) is 11.5. The molecule has 0 radical (unpaired) electrons. The molecular weight excluding hydrogens is 496 g/mol. The first-order chi connectivity index (χ1) is 16.7. The maximum atomic E-state index is 13.4. The number of fused-ring (bicyclic) bond motifs is 1. The number of nitrogens with one attached hydrogen (secondary N) is 3. The van der Waals surface area contributed by atoms with Gasteiger partial charge in [-0.05, 0) is 70.9 Å². The number of para-hydroxylation sites is 1. The van der Waals surface area contributed by atoms with Crippen LogP contribution >= 0.6 is 11.3 Å². The molecule has 0 saturated heterocycles. The lowest BCUT2D eigenvalue weighted by molar-refractivity contribution is 0.0999. The highest BCUT2D eigenvalue weighted by molar-refractivity contribution is 7.92. The second-order valence-electron chi connectivity index (χ2n) is 10.2. The normalized spacial score (nSPS) is 16.1. The van der Waals surface area contributed by atoms with Crippen LogP contribution in [0.3, 0.4) is 0 Å². The van der Waals surface area contributed by atoms with Crippen LogP contribution in [0.5, 0.6) is 0 Å². The molecule has 190 valence electrons. The first kappa shape index (κ1) is 25.9. The number of primary amides is 1. The van der Waals surface area contributed by atoms with E-state index in [0.29, 0.717) is 17.0 Å². The number of hydrogen-bond acceptors (Lipinski definition) is 6. The molecule has 5 N–H and O–H groups in total. The fourth-order valence-corrected chi connectivity index (χ4v) is 7.09. The number of amides is 2. The Bertz CT molecular complexity index is 1460. The predicted octanol–water partition coefficient (Wildman–Crippen LogP) is 4.37. The van der Waals surface area contributed by atoms with Gasteiger partial charge in [0.15, 0.2) is 0 Å². The van der Waals surface area contributed by atoms with Crippen molar-refractivity contribution in [2.75, 3.05) is 10.0 Å². The Kier molecular flexibility index (Phi) is 6.48. The average Bonchev–Trinajstić information content (AvgIpc) is 3.11. The lowest BCUT2D eigenvalue weighted by atomic mass is 9.81. The third-order valence-electron chi connectivity index (χ3n) is 6.07. The maximum Gasteiger partial charge on any atom is 0.261 e. The molecule has 10 heteroatoms. The van der Waals surface area contributed by atoms with E-state index in [9.17, 15) is 18.0 Å². The molecule has 1 aromatic heterocycles. The zero-order valence-electron chi connectivity index (χ0n) is 20.9. The van der Waals surface area contributed by atoms with Crippen molar-refractivity contribution in [2.24, 2.45) is 5.73 Å². The van der Waals surface area contributed by atoms with Crippen LogP contribution in [0, 0.1) is 6.92 Å². The van der Waals surface area contributed by atoms with Crippen molar-refractivity contribution in [1.82, 2.24) is 5.32 Å². The second kappa shape index (κ2) is 9.02. The lowest BCUT2D eigenvalue weighted by Gasteiger charge is -2.42. The second-order valence-corrected chi connectivity index (χ2v) is 12.9. The minimum Gasteiger partial charge on any atom is -0.365 e. The van der Waals surface area contributed by atoms with E-state index >= 15 is 0 Å². The van der Waals surface area contributed by atoms with Gasteiger partial charge in [0.05, 0.1) is 21.7 Å². The molecule has 1 aliphatic heterocycles. The highest BCUT2D eigenvalue weighted by atomic mass is 32.2. The van der Waals surface area contributed by atoms with E-state index in [1.807, 2.05) is 20.8 Å². The topological polar surface area (TPSA) is 130 Å². The molecule has 2 aromatic carbocycles. The Morgan fingerprint density at radius 3 is 2.31 bits per heavy atom. The van der Waals surface area contributed by atoms with Gasteiger partial charge in [-0.3, -0.25) is 14.3 Å². The number of thiophene rings is 1. The van der Waals surface area contributed by atoms with Gasteiger partial charge in [0.25, 0.3) is 21.8 Å². The van der Waals surface area contributed by atoms with E-state index in [1.54, 1.807) is 24.3 Å². The molecule has 1 aliphatic rings. The number of anilines is 2. The van der Waals surface area contributed by atoms with E-state index < -0.39 is 27.4 Å². The van der Waals surface area contributed by atoms with Crippen molar-refractivity contribution in [3.63, 3.8) is 0 Å². The number of carbonyl (C=O) groups excluding carboxylic acids is 2. The van der Waals surface area contributed by atoms with Gasteiger partial charge in [-0.15, -0.1) is 11.3 Å². The molecule has 2 heterocycles. The highest BCUT2D eigenvalue weighted by Crippen LogP contribution is 2.45. The van der Waals surface area contributed by atoms with E-state index in [2.05, 4.69) is 29.2 Å². The van der Waals surface area contributed by atoms with Crippen molar-refractivity contribution in [3.8, 4) is 0 Å². The fourth-order valence-electron chi connectivity index (χ4n) is 4.74. The molecule has 36 heavy (non-hydrogen) atoms. The summed E-state index contributed by atoms with van der Waals surface area (Å²) in [5, 5.41) is 6.74. The summed E-state index contributed by atoms with van der Waals surface area (Å²) in [5.74, 6) is -1.17. The lowest BCUT2D eigenvalue weighted by Crippen LogP contribution is -2.55. The molecule has 0 unspecified atom stereocenters. The molecule has 4 rings (SSSR count). The van der Waals surface area contributed by atoms with Crippen LogP contribution in [0.4, 0.5) is 10.7 Å². The number of rotatable bonds is 6. The predicted molar refractivity (Wildman–Crippen MR) is 143 cm³/mol. The van der Waals surface area contributed by atoms with Gasteiger partial charge >= 0.3 is 0 Å². The minimum absolute atomic E-state index is 0.0857. The smallest absolute Gasteiger partial charge is 0.261 e. The van der Waals surface area contributed by atoms with Crippen LogP contribution in [0.25, 0.3) is 0 Å². The van der Waals surface area contributed by atoms with Crippen molar-refractivity contribution in [3.05, 3.63) is 75.7 Å². The molecule has 8 nitrogen and oxygen atoms in total. The molecule has 0 saturated carbocycles. The van der Waals surface area contributed by atoms with E-state index in [-0.39, 0.29) is 21.7 Å². The number of aryl methyl sites for hydroxylation is 1. The summed E-state index contributed by atoms with van der Waals surface area (Å²) < 4.78 is 28.4. The Balaban J connectivity index is 1.69. The van der Waals surface area contributed by atoms with Crippen molar-refractivity contribution in [2.45, 2.75) is 57.0 Å². The van der Waals surface area contributed by atoms with Gasteiger partial charge in [0.1, 0.15) is 5.00 Å². The number of benzene rings is 2. The molecule has 2 amide bonds. The van der Waals surface area contributed by atoms with Crippen LogP contribution in [-0.2, 0) is 22.0 Å². The summed E-state index contributed by atoms with van der Waals surface area (Å²) in [6.07, 6.45) is 0.573. The summed E-state index contributed by atoms with van der Waals surface area (Å²) in [6, 6.07) is 12.7. The zero-order valence-corrected chi connectivity index (χ0v) is 22.5. The van der Waals surface area contributed by atoms with Crippen LogP contribution in [-0.4, -0.2) is 25.8 Å². The maximum absolute atomic E-state index is 13.4. The standard InChI is InChI=1S/C26H30N4O4S2/c1-15-10-12-16(13-11-15)36(33,34)29-19-9-7-6-8-17(19)23(32)28-24-20(22(27)31)18-14-25(2,3)30-26(4,5)21(18)35-24/h6-13,29-30H,14H2,1-5H3,(H2,27,31)(H,28,32). The van der Waals surface area contributed by atoms with Gasteiger partial charge < -0.3 is 16.4 Å². The molecule has 0 spiro atoms. The molecule has 0 bridgehead atoms. The monoisotopic (exact) mass is 526 g/mol. The number of carbonyl (C=O) groups is 2. The van der Waals surface area contributed by atoms with Gasteiger partial charge in [-0.2, -0.15) is 0 Å². The van der Waals surface area contributed by atoms with Crippen LogP contribution in [0.1, 0.15) is 64.4 Å². The van der Waals surface area contributed by atoms with Gasteiger partial charge in [0.2, 0.25) is 0 Å². The van der Waals surface area contributed by atoms with Crippen LogP contribution in [0.15, 0.2) is 53.4 Å². The van der Waals surface area contributed by atoms with Crippen LogP contribution < -0.4 is 21.1 Å². The highest BCUT2D eigenvalue weighted by Gasteiger charge is 2.41. The summed E-state index contributed by atoms with van der Waals surface area (Å²) in [5.41, 5.74) is 7.35. The van der Waals surface area contributed by atoms with E-state index in [0.717, 1.165) is 16.0 Å². The Labute approximate surface area is 215 Å². The Morgan fingerprint density at radius 1 is 1.03 bits per heavy atom. The van der Waals surface area contributed by atoms with Crippen molar-refractivity contribution in [1.29, 1.82) is 0 Å². The van der Waals surface area contributed by atoms with Crippen LogP contribution in [0.2, 0.25) is 0 Å². The number of sulfonamides is 1. The van der Waals surface area contributed by atoms with E-state index in [4.69, 9.17) is 5.73 Å². The van der Waals surface area contributed by atoms with Crippen molar-refractivity contribution < 1.29 is 18.0 Å². The molecular formula is C26H30N4O4S2. The quantitative estimate of drug-likeness (QED) is 0.379. The Morgan fingerprint density at radius 2 is 1.67 bits per heavy atom. The molecule has 0 atom stereocenters. The average molecular weight is 527 g/mol. The van der Waals surface area contributed by atoms with E-state index in [1.165, 1.54) is 35.6 Å². The van der Waals surface area contributed by atoms with Gasteiger partial charge in [-0.1, -0.05) is 29.8 Å². The SMILES string of the molecule is Cc1ccc(S(=O)(=O)Nc2ccccc2C(=O)Nc2sc3c(c2C(N)=O)CC(C)(C)NC3(C)C)cc1. The van der Waals surface area contributed by atoms with Gasteiger partial charge in [-0.25, -0.2) is 8.42 Å². The summed E-state index contributed by atoms with van der Waals surface area (Å²) in [6.45, 7) is 10.0. The zero-order chi connectivity index (χ0) is 26.5. The summed E-state index contributed by atoms with van der Waals surface area (Å²) in [4.78, 5) is 26.9. The third kappa shape index (κ3) is 5.02. The molecule has 0 aliphatic carbocycles. The minimum atomic E-state index is -3.92. The summed E-state index contributed by atoms with van der Waals surface area (Å²) >= 11 is 1.30. The van der Waals surface area contributed by atoms with Gasteiger partial charge in [0, 0.05) is 16.0 Å². The molecule has 0 fully saturated rings. The summed E-state index contributed by atoms with van der Waals surface area (Å²) in [7, 11) is -3.92. The first-order valence-corrected chi connectivity index (χ1v) is 13.8. The van der Waals surface area contributed by atoms with Crippen molar-refractivity contribution >= 4 is 43.9 Å². The fraction of sp³-hybridized carbons (Fsp3) is 0.308. The molecule has 3 aromatic rings. The number of nitrogens with two attached hydrogens (primary N) is 1.